The Bertz CT molecular complexity index is 2560. The van der Waals surface area contributed by atoms with Crippen molar-refractivity contribution in [3.8, 4) is 55.6 Å². The van der Waals surface area contributed by atoms with E-state index in [0.717, 1.165) is 0 Å². The standard InChI is InChI=1S/C48H32/c1-4-14-33(15-5-1)35-24-26-37(27-25-35)47-41-22-12-13-23-42(41)48(43-29-28-40(32-45(43)47)34-16-6-2-7-17-34)46-31-39-21-11-10-20-38(39)30-44(46)36-18-8-3-9-19-36/h1-32H. The lowest BCUT2D eigenvalue weighted by Crippen LogP contribution is -1.94. The molecule has 0 aliphatic carbocycles. The Morgan fingerprint density at radius 2 is 0.625 bits per heavy atom. The number of fused-ring (bicyclic) bond motifs is 3. The molecule has 0 saturated carbocycles. The van der Waals surface area contributed by atoms with Gasteiger partial charge in [0.05, 0.1) is 0 Å². The van der Waals surface area contributed by atoms with Gasteiger partial charge in [0.25, 0.3) is 0 Å². The Morgan fingerprint density at radius 3 is 1.25 bits per heavy atom. The average Bonchev–Trinajstić information content (AvgIpc) is 3.17. The highest BCUT2D eigenvalue weighted by Gasteiger charge is 2.20. The second-order valence-electron chi connectivity index (χ2n) is 12.5. The van der Waals surface area contributed by atoms with Crippen molar-refractivity contribution in [2.45, 2.75) is 0 Å². The lowest BCUT2D eigenvalue weighted by atomic mass is 9.82. The van der Waals surface area contributed by atoms with E-state index in [1.807, 2.05) is 0 Å². The molecule has 0 saturated heterocycles. The lowest BCUT2D eigenvalue weighted by molar-refractivity contribution is 1.60. The van der Waals surface area contributed by atoms with E-state index in [1.54, 1.807) is 0 Å². The van der Waals surface area contributed by atoms with E-state index in [0.29, 0.717) is 0 Å². The summed E-state index contributed by atoms with van der Waals surface area (Å²) < 4.78 is 0. The minimum Gasteiger partial charge on any atom is -0.0622 e. The molecule has 0 radical (unpaired) electrons. The fourth-order valence-electron chi connectivity index (χ4n) is 7.35. The largest absolute Gasteiger partial charge is 0.0622 e. The molecule has 0 heterocycles. The van der Waals surface area contributed by atoms with Crippen molar-refractivity contribution >= 4 is 32.3 Å². The molecule has 0 unspecified atom stereocenters. The van der Waals surface area contributed by atoms with Crippen molar-refractivity contribution in [3.63, 3.8) is 0 Å². The molecule has 0 aliphatic rings. The summed E-state index contributed by atoms with van der Waals surface area (Å²) in [5.74, 6) is 0. The maximum absolute atomic E-state index is 2.41. The Kier molecular flexibility index (Phi) is 6.91. The molecule has 0 N–H and O–H groups in total. The van der Waals surface area contributed by atoms with E-state index in [4.69, 9.17) is 0 Å². The van der Waals surface area contributed by atoms with Crippen LogP contribution >= 0.6 is 0 Å². The zero-order chi connectivity index (χ0) is 31.9. The highest BCUT2D eigenvalue weighted by atomic mass is 14.2. The van der Waals surface area contributed by atoms with E-state index < -0.39 is 0 Å². The van der Waals surface area contributed by atoms with Crippen LogP contribution in [0.2, 0.25) is 0 Å². The molecule has 0 spiro atoms. The number of hydrogen-bond acceptors (Lipinski definition) is 0. The van der Waals surface area contributed by atoms with Gasteiger partial charge in [-0.15, -0.1) is 0 Å². The second kappa shape index (κ2) is 11.8. The van der Waals surface area contributed by atoms with Crippen LogP contribution in [0, 0.1) is 0 Å². The fraction of sp³-hybridized carbons (Fsp3) is 0. The van der Waals surface area contributed by atoms with Gasteiger partial charge in [-0.05, 0) is 106 Å². The van der Waals surface area contributed by atoms with Crippen LogP contribution in [0.15, 0.2) is 194 Å². The molecule has 224 valence electrons. The quantitative estimate of drug-likeness (QED) is 0.171. The third kappa shape index (κ3) is 4.87. The molecule has 0 heteroatoms. The van der Waals surface area contributed by atoms with E-state index in [9.17, 15) is 0 Å². The topological polar surface area (TPSA) is 0 Å². The van der Waals surface area contributed by atoms with E-state index >= 15 is 0 Å². The van der Waals surface area contributed by atoms with E-state index in [2.05, 4.69) is 194 Å². The summed E-state index contributed by atoms with van der Waals surface area (Å²) in [4.78, 5) is 0. The maximum atomic E-state index is 2.41. The van der Waals surface area contributed by atoms with Gasteiger partial charge in [-0.2, -0.15) is 0 Å². The van der Waals surface area contributed by atoms with Crippen LogP contribution in [-0.4, -0.2) is 0 Å². The average molecular weight is 609 g/mol. The number of benzene rings is 9. The van der Waals surface area contributed by atoms with Gasteiger partial charge in [-0.3, -0.25) is 0 Å². The van der Waals surface area contributed by atoms with E-state index in [-0.39, 0.29) is 0 Å². The molecule has 0 fully saturated rings. The number of rotatable bonds is 5. The summed E-state index contributed by atoms with van der Waals surface area (Å²) in [6.45, 7) is 0. The molecule has 9 rings (SSSR count). The van der Waals surface area contributed by atoms with Crippen LogP contribution < -0.4 is 0 Å². The van der Waals surface area contributed by atoms with Crippen molar-refractivity contribution in [3.05, 3.63) is 194 Å². The minimum atomic E-state index is 1.22. The van der Waals surface area contributed by atoms with Crippen molar-refractivity contribution in [1.82, 2.24) is 0 Å². The lowest BCUT2D eigenvalue weighted by Gasteiger charge is -2.21. The van der Waals surface area contributed by atoms with Gasteiger partial charge in [-0.1, -0.05) is 176 Å². The molecule has 9 aromatic carbocycles. The number of hydrogen-bond donors (Lipinski definition) is 0. The van der Waals surface area contributed by atoms with Gasteiger partial charge < -0.3 is 0 Å². The zero-order valence-corrected chi connectivity index (χ0v) is 26.5. The molecule has 0 aliphatic heterocycles. The summed E-state index contributed by atoms with van der Waals surface area (Å²) in [7, 11) is 0. The highest BCUT2D eigenvalue weighted by Crippen LogP contribution is 2.48. The smallest absolute Gasteiger partial charge is 0.00199 e. The van der Waals surface area contributed by atoms with Crippen LogP contribution in [0.5, 0.6) is 0 Å². The van der Waals surface area contributed by atoms with Gasteiger partial charge in [0.1, 0.15) is 0 Å². The van der Waals surface area contributed by atoms with Crippen molar-refractivity contribution < 1.29 is 0 Å². The molecule has 0 bridgehead atoms. The van der Waals surface area contributed by atoms with Crippen LogP contribution in [0.25, 0.3) is 88.0 Å². The van der Waals surface area contributed by atoms with Crippen LogP contribution in [0.1, 0.15) is 0 Å². The Balaban J connectivity index is 1.39. The maximum Gasteiger partial charge on any atom is -0.00199 e. The molecular weight excluding hydrogens is 577 g/mol. The summed E-state index contributed by atoms with van der Waals surface area (Å²) in [6.07, 6.45) is 0. The summed E-state index contributed by atoms with van der Waals surface area (Å²) in [5.41, 5.74) is 12.4. The third-order valence-corrected chi connectivity index (χ3v) is 9.65. The van der Waals surface area contributed by atoms with Gasteiger partial charge >= 0.3 is 0 Å². The van der Waals surface area contributed by atoms with E-state index in [1.165, 1.54) is 88.0 Å². The minimum absolute atomic E-state index is 1.22. The van der Waals surface area contributed by atoms with Crippen molar-refractivity contribution in [1.29, 1.82) is 0 Å². The first-order chi connectivity index (χ1) is 23.8. The van der Waals surface area contributed by atoms with Crippen LogP contribution in [0.3, 0.4) is 0 Å². The first-order valence-electron chi connectivity index (χ1n) is 16.6. The SMILES string of the molecule is c1ccc(-c2ccc(-c3c4ccccc4c(-c4cc5ccccc5cc4-c4ccccc4)c4ccc(-c5ccccc5)cc34)cc2)cc1. The Hall–Kier alpha value is -6.24. The zero-order valence-electron chi connectivity index (χ0n) is 26.5. The van der Waals surface area contributed by atoms with Gasteiger partial charge in [0.2, 0.25) is 0 Å². The van der Waals surface area contributed by atoms with Gasteiger partial charge in [0, 0.05) is 0 Å². The summed E-state index contributed by atoms with van der Waals surface area (Å²) in [5, 5.41) is 7.51. The first-order valence-corrected chi connectivity index (χ1v) is 16.6. The van der Waals surface area contributed by atoms with Crippen LogP contribution in [-0.2, 0) is 0 Å². The predicted octanol–water partition coefficient (Wildman–Crippen LogP) is 13.5. The molecule has 0 nitrogen and oxygen atoms in total. The third-order valence-electron chi connectivity index (χ3n) is 9.65. The van der Waals surface area contributed by atoms with Gasteiger partial charge in [-0.25, -0.2) is 0 Å². The summed E-state index contributed by atoms with van der Waals surface area (Å²) >= 11 is 0. The molecule has 48 heavy (non-hydrogen) atoms. The highest BCUT2D eigenvalue weighted by molar-refractivity contribution is 6.23. The fourth-order valence-corrected chi connectivity index (χ4v) is 7.35. The van der Waals surface area contributed by atoms with Crippen LogP contribution in [0.4, 0.5) is 0 Å². The Labute approximate surface area is 281 Å². The molecule has 0 aromatic heterocycles. The molecule has 9 aromatic rings. The summed E-state index contributed by atoms with van der Waals surface area (Å²) in [6, 6.07) is 70.8. The van der Waals surface area contributed by atoms with Crippen molar-refractivity contribution in [2.24, 2.45) is 0 Å². The molecule has 0 atom stereocenters. The monoisotopic (exact) mass is 608 g/mol. The second-order valence-corrected chi connectivity index (χ2v) is 12.5. The predicted molar refractivity (Wildman–Crippen MR) is 206 cm³/mol. The van der Waals surface area contributed by atoms with Crippen molar-refractivity contribution in [2.75, 3.05) is 0 Å². The van der Waals surface area contributed by atoms with Gasteiger partial charge in [0.15, 0.2) is 0 Å². The first kappa shape index (κ1) is 28.0. The molecule has 0 amide bonds. The molecular formula is C48H32. The Morgan fingerprint density at radius 1 is 0.208 bits per heavy atom. The normalized spacial score (nSPS) is 11.3.